The number of hydrogen-bond donors (Lipinski definition) is 4. The van der Waals surface area contributed by atoms with E-state index in [1.54, 1.807) is 0 Å². The van der Waals surface area contributed by atoms with Crippen LogP contribution in [0.5, 0.6) is 0 Å². The summed E-state index contributed by atoms with van der Waals surface area (Å²) in [6, 6.07) is 0. The van der Waals surface area contributed by atoms with Gasteiger partial charge in [-0.15, -0.1) is 0 Å². The van der Waals surface area contributed by atoms with Crippen molar-refractivity contribution < 1.29 is 20.4 Å². The van der Waals surface area contributed by atoms with Gasteiger partial charge in [-0.25, -0.2) is 0 Å². The highest BCUT2D eigenvalue weighted by Gasteiger charge is 2.57. The minimum atomic E-state index is -1.17. The first-order valence-corrected chi connectivity index (χ1v) is 3.85. The Labute approximate surface area is 64.1 Å². The van der Waals surface area contributed by atoms with Gasteiger partial charge >= 0.3 is 0 Å². The Bertz CT molecular complexity index is 154. The molecule has 2 saturated carbocycles. The van der Waals surface area contributed by atoms with Crippen molar-refractivity contribution in [3.63, 3.8) is 0 Å². The first kappa shape index (κ1) is 7.49. The zero-order valence-corrected chi connectivity index (χ0v) is 5.96. The van der Waals surface area contributed by atoms with Gasteiger partial charge in [0.05, 0.1) is 12.2 Å². The Morgan fingerprint density at radius 2 is 1.00 bits per heavy atom. The quantitative estimate of drug-likeness (QED) is 0.333. The molecule has 2 rings (SSSR count). The molecule has 0 bridgehead atoms. The Kier molecular flexibility index (Phi) is 1.47. The van der Waals surface area contributed by atoms with E-state index in [-0.39, 0.29) is 11.8 Å². The van der Waals surface area contributed by atoms with Gasteiger partial charge < -0.3 is 20.4 Å². The molecule has 0 radical (unpaired) electrons. The van der Waals surface area contributed by atoms with E-state index in [1.807, 2.05) is 0 Å². The number of aliphatic hydroxyl groups is 4. The molecule has 4 N–H and O–H groups in total. The molecule has 0 saturated heterocycles. The lowest BCUT2D eigenvalue weighted by molar-refractivity contribution is -0.139. The number of hydrogen-bond acceptors (Lipinski definition) is 4. The Morgan fingerprint density at radius 3 is 1.36 bits per heavy atom. The highest BCUT2D eigenvalue weighted by Crippen LogP contribution is 2.49. The van der Waals surface area contributed by atoms with Gasteiger partial charge in [0.25, 0.3) is 0 Å². The van der Waals surface area contributed by atoms with E-state index in [4.69, 9.17) is 10.2 Å². The van der Waals surface area contributed by atoms with E-state index in [0.29, 0.717) is 0 Å². The second kappa shape index (κ2) is 2.17. The van der Waals surface area contributed by atoms with Crippen LogP contribution in [0.4, 0.5) is 0 Å². The van der Waals surface area contributed by atoms with Crippen LogP contribution in [0.3, 0.4) is 0 Å². The molecule has 0 heterocycles. The fraction of sp³-hybridized carbons (Fsp3) is 1.00. The van der Waals surface area contributed by atoms with Gasteiger partial charge in [0, 0.05) is 0 Å². The van der Waals surface area contributed by atoms with Crippen molar-refractivity contribution in [3.8, 4) is 0 Å². The van der Waals surface area contributed by atoms with Crippen LogP contribution >= 0.6 is 0 Å². The molecule has 0 amide bonds. The van der Waals surface area contributed by atoms with Crippen LogP contribution in [0.25, 0.3) is 0 Å². The third-order valence-electron chi connectivity index (χ3n) is 2.82. The predicted molar refractivity (Wildman–Crippen MR) is 35.6 cm³/mol. The topological polar surface area (TPSA) is 80.9 Å². The summed E-state index contributed by atoms with van der Waals surface area (Å²) in [5.41, 5.74) is 0. The molecule has 6 atom stereocenters. The third-order valence-corrected chi connectivity index (χ3v) is 2.82. The smallest absolute Gasteiger partial charge is 0.109 e. The van der Waals surface area contributed by atoms with E-state index < -0.39 is 24.4 Å². The summed E-state index contributed by atoms with van der Waals surface area (Å²) in [6.45, 7) is 0. The van der Waals surface area contributed by atoms with Crippen molar-refractivity contribution in [2.45, 2.75) is 30.8 Å². The van der Waals surface area contributed by atoms with Crippen LogP contribution in [0, 0.1) is 11.8 Å². The summed E-state index contributed by atoms with van der Waals surface area (Å²) in [5, 5.41) is 36.8. The van der Waals surface area contributed by atoms with Gasteiger partial charge in [-0.2, -0.15) is 0 Å². The summed E-state index contributed by atoms with van der Waals surface area (Å²) in [4.78, 5) is 0. The zero-order chi connectivity index (χ0) is 8.17. The SMILES string of the molecule is O[C@H]1[C@H](O)[C@@H](O)[C@@H]2C[C@@H]2[C@@H]1O. The highest BCUT2D eigenvalue weighted by molar-refractivity contribution is 5.07. The fourth-order valence-electron chi connectivity index (χ4n) is 1.93. The normalized spacial score (nSPS) is 62.2. The predicted octanol–water partition coefficient (Wildman–Crippen LogP) is -1.92. The summed E-state index contributed by atoms with van der Waals surface area (Å²) < 4.78 is 0. The van der Waals surface area contributed by atoms with Crippen LogP contribution in [-0.4, -0.2) is 44.8 Å². The first-order valence-electron chi connectivity index (χ1n) is 3.85. The summed E-state index contributed by atoms with van der Waals surface area (Å²) >= 11 is 0. The van der Waals surface area contributed by atoms with E-state index in [1.165, 1.54) is 0 Å². The van der Waals surface area contributed by atoms with Crippen molar-refractivity contribution in [2.24, 2.45) is 11.8 Å². The summed E-state index contributed by atoms with van der Waals surface area (Å²) in [6.07, 6.45) is -3.32. The average Bonchev–Trinajstić information content (AvgIpc) is 2.76. The molecule has 2 fully saturated rings. The molecule has 4 heteroatoms. The first-order chi connectivity index (χ1) is 5.13. The van der Waals surface area contributed by atoms with Crippen molar-refractivity contribution in [3.05, 3.63) is 0 Å². The number of aliphatic hydroxyl groups excluding tert-OH is 4. The number of fused-ring (bicyclic) bond motifs is 1. The van der Waals surface area contributed by atoms with Gasteiger partial charge in [0.1, 0.15) is 12.2 Å². The molecule has 11 heavy (non-hydrogen) atoms. The maximum Gasteiger partial charge on any atom is 0.109 e. The number of rotatable bonds is 0. The van der Waals surface area contributed by atoms with Crippen molar-refractivity contribution in [1.82, 2.24) is 0 Å². The minimum Gasteiger partial charge on any atom is -0.390 e. The van der Waals surface area contributed by atoms with Crippen molar-refractivity contribution in [1.29, 1.82) is 0 Å². The average molecular weight is 160 g/mol. The van der Waals surface area contributed by atoms with Crippen LogP contribution in [0.15, 0.2) is 0 Å². The maximum atomic E-state index is 9.25. The maximum absolute atomic E-state index is 9.25. The molecule has 0 aromatic heterocycles. The lowest BCUT2D eigenvalue weighted by Gasteiger charge is -2.31. The molecule has 0 spiro atoms. The molecule has 2 aliphatic carbocycles. The summed E-state index contributed by atoms with van der Waals surface area (Å²) in [5.74, 6) is 0.00630. The Hall–Kier alpha value is -0.160. The van der Waals surface area contributed by atoms with E-state index >= 15 is 0 Å². The lowest BCUT2D eigenvalue weighted by atomic mass is 9.90. The monoisotopic (exact) mass is 160 g/mol. The van der Waals surface area contributed by atoms with E-state index in [0.717, 1.165) is 6.42 Å². The molecule has 0 aliphatic heterocycles. The van der Waals surface area contributed by atoms with Crippen LogP contribution in [0.2, 0.25) is 0 Å². The Balaban J connectivity index is 2.13. The molecule has 0 aromatic rings. The zero-order valence-electron chi connectivity index (χ0n) is 5.96. The second-order valence-electron chi connectivity index (χ2n) is 3.53. The Morgan fingerprint density at radius 1 is 0.636 bits per heavy atom. The molecule has 64 valence electrons. The van der Waals surface area contributed by atoms with Gasteiger partial charge in [0.15, 0.2) is 0 Å². The van der Waals surface area contributed by atoms with Crippen molar-refractivity contribution >= 4 is 0 Å². The lowest BCUT2D eigenvalue weighted by Crippen LogP contribution is -2.50. The fourth-order valence-corrected chi connectivity index (χ4v) is 1.93. The highest BCUT2D eigenvalue weighted by atomic mass is 16.4. The minimum absolute atomic E-state index is 0.00315. The van der Waals surface area contributed by atoms with Crippen LogP contribution in [-0.2, 0) is 0 Å². The van der Waals surface area contributed by atoms with Crippen molar-refractivity contribution in [2.75, 3.05) is 0 Å². The molecular formula is C7H12O4. The molecule has 0 aromatic carbocycles. The van der Waals surface area contributed by atoms with Gasteiger partial charge in [0.2, 0.25) is 0 Å². The molecule has 4 nitrogen and oxygen atoms in total. The van der Waals surface area contributed by atoms with E-state index in [9.17, 15) is 10.2 Å². The third kappa shape index (κ3) is 0.906. The molecular weight excluding hydrogens is 148 g/mol. The van der Waals surface area contributed by atoms with Crippen LogP contribution < -0.4 is 0 Å². The standard InChI is InChI=1S/C7H12O4/c8-4-2-1-3(2)5(9)7(11)6(4)10/h2-11H,1H2/t2-,3+,4-,5-,6+,7+/m0/s1. The molecule has 0 unspecified atom stereocenters. The second-order valence-corrected chi connectivity index (χ2v) is 3.53. The van der Waals surface area contributed by atoms with Gasteiger partial charge in [-0.1, -0.05) is 0 Å². The van der Waals surface area contributed by atoms with Gasteiger partial charge in [-0.05, 0) is 18.3 Å². The van der Waals surface area contributed by atoms with E-state index in [2.05, 4.69) is 0 Å². The summed E-state index contributed by atoms with van der Waals surface area (Å²) in [7, 11) is 0. The van der Waals surface area contributed by atoms with Gasteiger partial charge in [-0.3, -0.25) is 0 Å². The van der Waals surface area contributed by atoms with Crippen LogP contribution in [0.1, 0.15) is 6.42 Å². The molecule has 2 aliphatic rings. The largest absolute Gasteiger partial charge is 0.390 e.